The number of hydrogen-bond acceptors (Lipinski definition) is 3. The topological polar surface area (TPSA) is 24.5 Å². The third-order valence-electron chi connectivity index (χ3n) is 5.55. The predicted octanol–water partition coefficient (Wildman–Crippen LogP) is 3.08. The fourth-order valence-electron chi connectivity index (χ4n) is 4.14. The third-order valence-corrected chi connectivity index (χ3v) is 5.55. The van der Waals surface area contributed by atoms with Crippen LogP contribution in [0.5, 0.6) is 0 Å². The number of hydrogen-bond donors (Lipinski definition) is 1. The van der Waals surface area contributed by atoms with Crippen LogP contribution < -0.4 is 5.32 Å². The summed E-state index contributed by atoms with van der Waals surface area (Å²) < 4.78 is 6.17. The van der Waals surface area contributed by atoms with Gasteiger partial charge in [-0.05, 0) is 63.5 Å². The van der Waals surface area contributed by atoms with Gasteiger partial charge in [0.25, 0.3) is 0 Å². The summed E-state index contributed by atoms with van der Waals surface area (Å²) in [5.74, 6) is 1.81. The molecule has 124 valence electrons. The highest BCUT2D eigenvalue weighted by Crippen LogP contribution is 2.26. The SMILES string of the molecule is C1CCC(COC2CCN(CC3CCNCC3)CC2)C1.Cl. The number of nitrogens with zero attached hydrogens (tertiary/aromatic N) is 1. The molecular formula is C17H33ClN2O. The molecule has 1 N–H and O–H groups in total. The summed E-state index contributed by atoms with van der Waals surface area (Å²) in [6, 6.07) is 0. The average molecular weight is 317 g/mol. The number of nitrogens with one attached hydrogen (secondary N) is 1. The smallest absolute Gasteiger partial charge is 0.0599 e. The molecule has 3 aliphatic rings. The Labute approximate surface area is 136 Å². The zero-order valence-corrected chi connectivity index (χ0v) is 14.2. The molecule has 1 aliphatic carbocycles. The lowest BCUT2D eigenvalue weighted by Crippen LogP contribution is -2.42. The molecule has 0 atom stereocenters. The molecule has 0 aromatic carbocycles. The molecule has 2 aliphatic heterocycles. The number of piperidine rings is 2. The van der Waals surface area contributed by atoms with Crippen molar-refractivity contribution in [3.05, 3.63) is 0 Å². The van der Waals surface area contributed by atoms with Crippen LogP contribution >= 0.6 is 12.4 Å². The Morgan fingerprint density at radius 1 is 0.857 bits per heavy atom. The van der Waals surface area contributed by atoms with Crippen LogP contribution in [-0.2, 0) is 4.74 Å². The molecule has 2 saturated heterocycles. The van der Waals surface area contributed by atoms with Crippen molar-refractivity contribution in [1.82, 2.24) is 10.2 Å². The first-order chi connectivity index (χ1) is 9.90. The Morgan fingerprint density at radius 3 is 2.19 bits per heavy atom. The predicted molar refractivity (Wildman–Crippen MR) is 90.2 cm³/mol. The molecule has 3 nitrogen and oxygen atoms in total. The summed E-state index contributed by atoms with van der Waals surface area (Å²) in [6.07, 6.45) is 11.5. The molecule has 4 heteroatoms. The summed E-state index contributed by atoms with van der Waals surface area (Å²) in [4.78, 5) is 2.69. The van der Waals surface area contributed by atoms with Gasteiger partial charge >= 0.3 is 0 Å². The van der Waals surface area contributed by atoms with Gasteiger partial charge in [0.1, 0.15) is 0 Å². The Balaban J connectivity index is 0.00000161. The second-order valence-corrected chi connectivity index (χ2v) is 7.18. The molecular weight excluding hydrogens is 284 g/mol. The van der Waals surface area contributed by atoms with Gasteiger partial charge < -0.3 is 15.0 Å². The van der Waals surface area contributed by atoms with Gasteiger partial charge in [-0.1, -0.05) is 12.8 Å². The van der Waals surface area contributed by atoms with Crippen molar-refractivity contribution in [3.63, 3.8) is 0 Å². The minimum Gasteiger partial charge on any atom is -0.378 e. The zero-order chi connectivity index (χ0) is 13.6. The third kappa shape index (κ3) is 5.70. The van der Waals surface area contributed by atoms with Crippen molar-refractivity contribution < 1.29 is 4.74 Å². The van der Waals surface area contributed by atoms with Crippen molar-refractivity contribution in [2.24, 2.45) is 11.8 Å². The monoisotopic (exact) mass is 316 g/mol. The number of halogens is 1. The van der Waals surface area contributed by atoms with E-state index in [0.717, 1.165) is 18.4 Å². The molecule has 0 aromatic rings. The van der Waals surface area contributed by atoms with Crippen LogP contribution in [0.4, 0.5) is 0 Å². The van der Waals surface area contributed by atoms with E-state index in [0.29, 0.717) is 6.10 Å². The molecule has 21 heavy (non-hydrogen) atoms. The minimum absolute atomic E-state index is 0. The molecule has 0 unspecified atom stereocenters. The molecule has 0 bridgehead atoms. The molecule has 0 radical (unpaired) electrons. The Kier molecular flexibility index (Phi) is 7.79. The summed E-state index contributed by atoms with van der Waals surface area (Å²) in [6.45, 7) is 7.35. The normalized spacial score (nSPS) is 26.9. The van der Waals surface area contributed by atoms with Gasteiger partial charge in [-0.15, -0.1) is 12.4 Å². The Hall–Kier alpha value is 0.170. The van der Waals surface area contributed by atoms with Crippen LogP contribution in [0, 0.1) is 11.8 Å². The fraction of sp³-hybridized carbons (Fsp3) is 1.00. The molecule has 2 heterocycles. The Bertz CT molecular complexity index is 270. The molecule has 1 saturated carbocycles. The van der Waals surface area contributed by atoms with Crippen LogP contribution in [0.25, 0.3) is 0 Å². The van der Waals surface area contributed by atoms with E-state index in [1.807, 2.05) is 0 Å². The number of rotatable bonds is 5. The maximum Gasteiger partial charge on any atom is 0.0599 e. The van der Waals surface area contributed by atoms with Crippen molar-refractivity contribution in [2.75, 3.05) is 39.3 Å². The second kappa shape index (κ2) is 9.34. The van der Waals surface area contributed by atoms with Gasteiger partial charge in [0.05, 0.1) is 6.10 Å². The first kappa shape index (κ1) is 17.5. The van der Waals surface area contributed by atoms with E-state index in [1.165, 1.54) is 84.1 Å². The van der Waals surface area contributed by atoms with Gasteiger partial charge in [0.15, 0.2) is 0 Å². The highest BCUT2D eigenvalue weighted by atomic mass is 35.5. The van der Waals surface area contributed by atoms with Crippen molar-refractivity contribution in [1.29, 1.82) is 0 Å². The maximum atomic E-state index is 6.17. The van der Waals surface area contributed by atoms with Gasteiger partial charge in [-0.3, -0.25) is 0 Å². The van der Waals surface area contributed by atoms with E-state index < -0.39 is 0 Å². The van der Waals surface area contributed by atoms with Crippen molar-refractivity contribution in [3.8, 4) is 0 Å². The minimum atomic E-state index is 0. The van der Waals surface area contributed by atoms with E-state index in [9.17, 15) is 0 Å². The molecule has 0 amide bonds. The number of ether oxygens (including phenoxy) is 1. The lowest BCUT2D eigenvalue weighted by molar-refractivity contribution is -0.0112. The summed E-state index contributed by atoms with van der Waals surface area (Å²) in [5.41, 5.74) is 0. The summed E-state index contributed by atoms with van der Waals surface area (Å²) in [5, 5.41) is 3.46. The van der Waals surface area contributed by atoms with Gasteiger partial charge in [-0.2, -0.15) is 0 Å². The molecule has 3 rings (SSSR count). The Morgan fingerprint density at radius 2 is 1.52 bits per heavy atom. The van der Waals surface area contributed by atoms with Gasteiger partial charge in [0.2, 0.25) is 0 Å². The van der Waals surface area contributed by atoms with Crippen LogP contribution in [0.3, 0.4) is 0 Å². The largest absolute Gasteiger partial charge is 0.378 e. The first-order valence-corrected chi connectivity index (χ1v) is 8.95. The van der Waals surface area contributed by atoms with Crippen molar-refractivity contribution in [2.45, 2.75) is 57.5 Å². The molecule has 3 fully saturated rings. The maximum absolute atomic E-state index is 6.17. The van der Waals surface area contributed by atoms with Crippen LogP contribution in [0.15, 0.2) is 0 Å². The number of likely N-dealkylation sites (tertiary alicyclic amines) is 1. The van der Waals surface area contributed by atoms with E-state index in [2.05, 4.69) is 10.2 Å². The fourth-order valence-corrected chi connectivity index (χ4v) is 4.14. The highest BCUT2D eigenvalue weighted by molar-refractivity contribution is 5.85. The highest BCUT2D eigenvalue weighted by Gasteiger charge is 2.24. The zero-order valence-electron chi connectivity index (χ0n) is 13.4. The lowest BCUT2D eigenvalue weighted by atomic mass is 9.96. The van der Waals surface area contributed by atoms with E-state index in [-0.39, 0.29) is 12.4 Å². The van der Waals surface area contributed by atoms with Gasteiger partial charge in [0, 0.05) is 26.2 Å². The van der Waals surface area contributed by atoms with Gasteiger partial charge in [-0.25, -0.2) is 0 Å². The average Bonchev–Trinajstić information content (AvgIpc) is 3.01. The molecule has 0 aromatic heterocycles. The van der Waals surface area contributed by atoms with Crippen LogP contribution in [-0.4, -0.2) is 50.3 Å². The quantitative estimate of drug-likeness (QED) is 0.843. The summed E-state index contributed by atoms with van der Waals surface area (Å²) >= 11 is 0. The lowest BCUT2D eigenvalue weighted by Gasteiger charge is -2.35. The van der Waals surface area contributed by atoms with Crippen LogP contribution in [0.1, 0.15) is 51.4 Å². The summed E-state index contributed by atoms with van der Waals surface area (Å²) in [7, 11) is 0. The van der Waals surface area contributed by atoms with Crippen LogP contribution in [0.2, 0.25) is 0 Å². The van der Waals surface area contributed by atoms with E-state index in [4.69, 9.17) is 4.74 Å². The van der Waals surface area contributed by atoms with E-state index in [1.54, 1.807) is 0 Å². The molecule has 0 spiro atoms. The first-order valence-electron chi connectivity index (χ1n) is 8.95. The standard InChI is InChI=1S/C17H32N2O.ClH/c1-2-4-16(3-1)14-20-17-7-11-19(12-8-17)13-15-5-9-18-10-6-15;/h15-18H,1-14H2;1H. The second-order valence-electron chi connectivity index (χ2n) is 7.18. The van der Waals surface area contributed by atoms with Crippen molar-refractivity contribution >= 4 is 12.4 Å². The van der Waals surface area contributed by atoms with E-state index >= 15 is 0 Å².